The van der Waals surface area contributed by atoms with Crippen LogP contribution in [0, 0.1) is 17.8 Å². The van der Waals surface area contributed by atoms with Crippen LogP contribution in [0.25, 0.3) is 11.3 Å². The molecule has 170 valence electrons. The van der Waals surface area contributed by atoms with Gasteiger partial charge in [0.05, 0.1) is 17.9 Å². The molecule has 2 saturated carbocycles. The summed E-state index contributed by atoms with van der Waals surface area (Å²) in [5, 5.41) is 0. The number of amides is 1. The smallest absolute Gasteiger partial charge is 0.226 e. The molecule has 2 aliphatic carbocycles. The number of carbonyl (C=O) groups is 1. The van der Waals surface area contributed by atoms with Gasteiger partial charge in [0.1, 0.15) is 0 Å². The second-order valence-electron chi connectivity index (χ2n) is 9.46. The van der Waals surface area contributed by atoms with E-state index < -0.39 is 0 Å². The van der Waals surface area contributed by atoms with Crippen LogP contribution < -0.4 is 4.90 Å². The average Bonchev–Trinajstić information content (AvgIpc) is 3.59. The molecule has 2 atom stereocenters. The Morgan fingerprint density at radius 3 is 2.33 bits per heavy atom. The quantitative estimate of drug-likeness (QED) is 0.537. The summed E-state index contributed by atoms with van der Waals surface area (Å²) in [4.78, 5) is 31.6. The van der Waals surface area contributed by atoms with Crippen LogP contribution in [0.15, 0.2) is 60.9 Å². The third-order valence-corrected chi connectivity index (χ3v) is 7.01. The Balaban J connectivity index is 1.49. The molecule has 5 rings (SSSR count). The Morgan fingerprint density at radius 2 is 1.67 bits per heavy atom. The van der Waals surface area contributed by atoms with Crippen molar-refractivity contribution >= 4 is 11.9 Å². The zero-order valence-corrected chi connectivity index (χ0v) is 19.4. The predicted molar refractivity (Wildman–Crippen MR) is 129 cm³/mol. The highest BCUT2D eigenvalue weighted by molar-refractivity contribution is 5.82. The van der Waals surface area contributed by atoms with Gasteiger partial charge in [-0.15, -0.1) is 0 Å². The van der Waals surface area contributed by atoms with Gasteiger partial charge in [0.2, 0.25) is 11.9 Å². The van der Waals surface area contributed by atoms with E-state index in [4.69, 9.17) is 4.98 Å². The molecular weight excluding hydrogens is 410 g/mol. The molecule has 33 heavy (non-hydrogen) atoms. The van der Waals surface area contributed by atoms with E-state index in [1.165, 1.54) is 25.7 Å². The van der Waals surface area contributed by atoms with Crippen molar-refractivity contribution in [2.75, 3.05) is 19.0 Å². The standard InChI is InChI=1S/C27H31N5O/c1-31(2)27-29-16-22(23-14-8-9-15-28-23)24(30-27)18-32(17-19-10-4-3-5-11-19)26(33)25-20-12-6-7-13-21(20)25/h3-5,8-11,14-16,20-21,25H,6-7,12-13,17-18H2,1-2H3/t20-,21-/m1/s1. The highest BCUT2D eigenvalue weighted by Gasteiger charge is 2.55. The molecule has 0 unspecified atom stereocenters. The summed E-state index contributed by atoms with van der Waals surface area (Å²) in [6.07, 6.45) is 8.51. The van der Waals surface area contributed by atoms with E-state index in [1.54, 1.807) is 6.20 Å². The van der Waals surface area contributed by atoms with E-state index in [2.05, 4.69) is 22.1 Å². The first-order valence-corrected chi connectivity index (χ1v) is 11.9. The van der Waals surface area contributed by atoms with Crippen molar-refractivity contribution in [3.63, 3.8) is 0 Å². The fourth-order valence-electron chi connectivity index (χ4n) is 5.24. The van der Waals surface area contributed by atoms with Crippen LogP contribution in [-0.2, 0) is 17.9 Å². The highest BCUT2D eigenvalue weighted by atomic mass is 16.2. The summed E-state index contributed by atoms with van der Waals surface area (Å²) >= 11 is 0. The van der Waals surface area contributed by atoms with E-state index in [1.807, 2.05) is 66.5 Å². The second kappa shape index (κ2) is 9.30. The lowest BCUT2D eigenvalue weighted by atomic mass is 10.0. The molecule has 6 nitrogen and oxygen atoms in total. The Labute approximate surface area is 195 Å². The van der Waals surface area contributed by atoms with Gasteiger partial charge in [-0.2, -0.15) is 0 Å². The van der Waals surface area contributed by atoms with Gasteiger partial charge in [-0.05, 0) is 42.4 Å². The van der Waals surface area contributed by atoms with E-state index in [0.29, 0.717) is 30.9 Å². The van der Waals surface area contributed by atoms with E-state index in [0.717, 1.165) is 22.5 Å². The summed E-state index contributed by atoms with van der Waals surface area (Å²) in [6, 6.07) is 16.1. The monoisotopic (exact) mass is 441 g/mol. The number of pyridine rings is 1. The maximum Gasteiger partial charge on any atom is 0.226 e. The van der Waals surface area contributed by atoms with Crippen molar-refractivity contribution < 1.29 is 4.79 Å². The van der Waals surface area contributed by atoms with Gasteiger partial charge in [-0.25, -0.2) is 9.97 Å². The third kappa shape index (κ3) is 4.61. The van der Waals surface area contributed by atoms with Crippen LogP contribution in [0.4, 0.5) is 5.95 Å². The topological polar surface area (TPSA) is 62.2 Å². The Hall–Kier alpha value is -3.28. The Morgan fingerprint density at radius 1 is 0.939 bits per heavy atom. The fourth-order valence-corrected chi connectivity index (χ4v) is 5.24. The molecule has 1 aromatic carbocycles. The number of hydrogen-bond donors (Lipinski definition) is 0. The van der Waals surface area contributed by atoms with Crippen LogP contribution in [-0.4, -0.2) is 39.9 Å². The first kappa shape index (κ1) is 21.6. The normalized spacial score (nSPS) is 21.2. The Bertz CT molecular complexity index is 1090. The number of fused-ring (bicyclic) bond motifs is 1. The first-order valence-electron chi connectivity index (χ1n) is 11.9. The number of nitrogens with zero attached hydrogens (tertiary/aromatic N) is 5. The molecule has 0 N–H and O–H groups in total. The molecule has 2 aromatic heterocycles. The van der Waals surface area contributed by atoms with Crippen LogP contribution in [0.5, 0.6) is 0 Å². The van der Waals surface area contributed by atoms with Gasteiger partial charge >= 0.3 is 0 Å². The molecule has 2 aliphatic rings. The van der Waals surface area contributed by atoms with Gasteiger partial charge in [0.15, 0.2) is 0 Å². The molecule has 0 spiro atoms. The summed E-state index contributed by atoms with van der Waals surface area (Å²) < 4.78 is 0. The number of anilines is 1. The lowest BCUT2D eigenvalue weighted by Crippen LogP contribution is -2.33. The predicted octanol–water partition coefficient (Wildman–Crippen LogP) is 4.57. The van der Waals surface area contributed by atoms with Crippen molar-refractivity contribution in [2.45, 2.75) is 38.8 Å². The number of hydrogen-bond acceptors (Lipinski definition) is 5. The summed E-state index contributed by atoms with van der Waals surface area (Å²) in [5.74, 6) is 2.22. The molecule has 0 aliphatic heterocycles. The van der Waals surface area contributed by atoms with E-state index in [-0.39, 0.29) is 11.8 Å². The molecule has 1 amide bonds. The number of rotatable bonds is 7. The van der Waals surface area contributed by atoms with Crippen LogP contribution in [0.1, 0.15) is 36.9 Å². The minimum absolute atomic E-state index is 0.171. The summed E-state index contributed by atoms with van der Waals surface area (Å²) in [7, 11) is 3.86. The molecule has 0 saturated heterocycles. The van der Waals surface area contributed by atoms with Gasteiger partial charge in [-0.3, -0.25) is 9.78 Å². The lowest BCUT2D eigenvalue weighted by molar-refractivity contribution is -0.134. The fraction of sp³-hybridized carbons (Fsp3) is 0.407. The van der Waals surface area contributed by atoms with Crippen LogP contribution in [0.3, 0.4) is 0 Å². The zero-order valence-electron chi connectivity index (χ0n) is 19.4. The summed E-state index contributed by atoms with van der Waals surface area (Å²) in [5.41, 5.74) is 3.67. The van der Waals surface area contributed by atoms with Gasteiger partial charge < -0.3 is 9.80 Å². The lowest BCUT2D eigenvalue weighted by Gasteiger charge is -2.25. The third-order valence-electron chi connectivity index (χ3n) is 7.01. The van der Waals surface area contributed by atoms with E-state index >= 15 is 0 Å². The number of benzene rings is 1. The summed E-state index contributed by atoms with van der Waals surface area (Å²) in [6.45, 7) is 1.03. The van der Waals surface area contributed by atoms with Crippen LogP contribution in [0.2, 0.25) is 0 Å². The maximum atomic E-state index is 13.8. The molecule has 0 bridgehead atoms. The van der Waals surface area contributed by atoms with Crippen molar-refractivity contribution in [1.82, 2.24) is 19.9 Å². The van der Waals surface area contributed by atoms with Crippen molar-refractivity contribution in [2.24, 2.45) is 17.8 Å². The van der Waals surface area contributed by atoms with Crippen molar-refractivity contribution in [3.05, 3.63) is 72.2 Å². The Kier molecular flexibility index (Phi) is 6.07. The molecule has 3 aromatic rings. The highest BCUT2D eigenvalue weighted by Crippen LogP contribution is 2.56. The van der Waals surface area contributed by atoms with Gasteiger partial charge in [-0.1, -0.05) is 49.2 Å². The van der Waals surface area contributed by atoms with Crippen molar-refractivity contribution in [1.29, 1.82) is 0 Å². The number of carbonyl (C=O) groups excluding carboxylic acids is 1. The molecule has 2 heterocycles. The SMILES string of the molecule is CN(C)c1ncc(-c2ccccn2)c(CN(Cc2ccccc2)C(=O)C2[C@@H]3CCCC[C@@H]23)n1. The molecule has 0 radical (unpaired) electrons. The van der Waals surface area contributed by atoms with Gasteiger partial charge in [0, 0.05) is 44.5 Å². The maximum absolute atomic E-state index is 13.8. The first-order chi connectivity index (χ1) is 16.1. The number of aromatic nitrogens is 3. The van der Waals surface area contributed by atoms with Gasteiger partial charge in [0.25, 0.3) is 0 Å². The second-order valence-corrected chi connectivity index (χ2v) is 9.46. The average molecular weight is 442 g/mol. The molecule has 2 fully saturated rings. The minimum Gasteiger partial charge on any atom is -0.347 e. The minimum atomic E-state index is 0.171. The van der Waals surface area contributed by atoms with E-state index in [9.17, 15) is 4.79 Å². The van der Waals surface area contributed by atoms with Crippen LogP contribution >= 0.6 is 0 Å². The molecule has 6 heteroatoms. The van der Waals surface area contributed by atoms with Crippen molar-refractivity contribution in [3.8, 4) is 11.3 Å². The molecular formula is C27H31N5O. The largest absolute Gasteiger partial charge is 0.347 e. The zero-order chi connectivity index (χ0) is 22.8.